The maximum atomic E-state index is 12.9. The average Bonchev–Trinajstić information content (AvgIpc) is 2.87. The molecule has 0 aliphatic carbocycles. The highest BCUT2D eigenvalue weighted by Gasteiger charge is 2.55. The number of hydrogen-bond acceptors (Lipinski definition) is 3. The third kappa shape index (κ3) is 3.23. The molecule has 0 aromatic heterocycles. The van der Waals surface area contributed by atoms with Gasteiger partial charge in [0, 0.05) is 33.1 Å². The van der Waals surface area contributed by atoms with E-state index in [0.717, 1.165) is 5.56 Å². The molecule has 0 bridgehead atoms. The van der Waals surface area contributed by atoms with Crippen molar-refractivity contribution in [3.8, 4) is 0 Å². The Hall–Kier alpha value is -2.64. The highest BCUT2D eigenvalue weighted by atomic mass is 19.1. The van der Waals surface area contributed by atoms with Crippen LogP contribution in [0.5, 0.6) is 0 Å². The van der Waals surface area contributed by atoms with E-state index in [2.05, 4.69) is 5.32 Å². The Morgan fingerprint density at radius 2 is 1.88 bits per heavy atom. The van der Waals surface area contributed by atoms with E-state index >= 15 is 0 Å². The van der Waals surface area contributed by atoms with Gasteiger partial charge in [0.05, 0.1) is 11.5 Å². The molecule has 0 radical (unpaired) electrons. The molecule has 1 aromatic rings. The van der Waals surface area contributed by atoms with E-state index in [-0.39, 0.29) is 30.7 Å². The number of aliphatic carboxylic acids is 1. The van der Waals surface area contributed by atoms with Crippen molar-refractivity contribution in [3.05, 3.63) is 35.6 Å². The molecule has 8 heteroatoms. The molecule has 26 heavy (non-hydrogen) atoms. The molecule has 140 valence electrons. The molecule has 2 fully saturated rings. The summed E-state index contributed by atoms with van der Waals surface area (Å²) in [6, 6.07) is 5.65. The lowest BCUT2D eigenvalue weighted by Crippen LogP contribution is -2.58. The van der Waals surface area contributed by atoms with E-state index in [0.29, 0.717) is 25.9 Å². The molecule has 1 atom stereocenters. The van der Waals surface area contributed by atoms with Crippen LogP contribution in [0.3, 0.4) is 0 Å². The van der Waals surface area contributed by atoms with Crippen molar-refractivity contribution < 1.29 is 23.9 Å². The van der Waals surface area contributed by atoms with Crippen molar-refractivity contribution in [3.63, 3.8) is 0 Å². The number of nitrogens with zero attached hydrogens (tertiary/aromatic N) is 2. The SMILES string of the molecule is CN1C(=O)CC(C(=O)O)C12CCN(C(=O)NCc1ccc(F)cc1)CC2. The molecule has 1 spiro atoms. The maximum Gasteiger partial charge on any atom is 0.317 e. The number of carbonyl (C=O) groups is 3. The monoisotopic (exact) mass is 363 g/mol. The number of halogens is 1. The highest BCUT2D eigenvalue weighted by Crippen LogP contribution is 2.42. The summed E-state index contributed by atoms with van der Waals surface area (Å²) in [4.78, 5) is 39.1. The quantitative estimate of drug-likeness (QED) is 0.850. The average molecular weight is 363 g/mol. The normalized spacial score (nSPS) is 21.9. The topological polar surface area (TPSA) is 90.0 Å². The molecule has 2 heterocycles. The van der Waals surface area contributed by atoms with Crippen LogP contribution in [-0.2, 0) is 16.1 Å². The van der Waals surface area contributed by atoms with E-state index in [1.54, 1.807) is 29.0 Å². The van der Waals surface area contributed by atoms with Gasteiger partial charge in [-0.3, -0.25) is 9.59 Å². The fourth-order valence-electron chi connectivity index (χ4n) is 3.97. The zero-order valence-electron chi connectivity index (χ0n) is 14.6. The lowest BCUT2D eigenvalue weighted by atomic mass is 9.77. The van der Waals surface area contributed by atoms with E-state index in [4.69, 9.17) is 0 Å². The summed E-state index contributed by atoms with van der Waals surface area (Å²) in [5.74, 6) is -2.18. The first-order valence-corrected chi connectivity index (χ1v) is 8.60. The van der Waals surface area contributed by atoms with Gasteiger partial charge in [0.25, 0.3) is 0 Å². The van der Waals surface area contributed by atoms with Gasteiger partial charge in [-0.2, -0.15) is 0 Å². The van der Waals surface area contributed by atoms with E-state index < -0.39 is 17.4 Å². The molecular formula is C18H22FN3O4. The molecule has 2 saturated heterocycles. The zero-order chi connectivity index (χ0) is 18.9. The fourth-order valence-corrected chi connectivity index (χ4v) is 3.97. The Balaban J connectivity index is 1.59. The lowest BCUT2D eigenvalue weighted by Gasteiger charge is -2.45. The summed E-state index contributed by atoms with van der Waals surface area (Å²) in [7, 11) is 1.65. The van der Waals surface area contributed by atoms with Crippen molar-refractivity contribution in [2.45, 2.75) is 31.3 Å². The second-order valence-electron chi connectivity index (χ2n) is 6.92. The largest absolute Gasteiger partial charge is 0.481 e. The minimum atomic E-state index is -0.961. The predicted molar refractivity (Wildman–Crippen MR) is 90.7 cm³/mol. The van der Waals surface area contributed by atoms with E-state index in [1.807, 2.05) is 0 Å². The number of nitrogens with one attached hydrogen (secondary N) is 1. The van der Waals surface area contributed by atoms with Crippen LogP contribution in [0.25, 0.3) is 0 Å². The number of carboxylic acids is 1. The zero-order valence-corrected chi connectivity index (χ0v) is 14.6. The molecule has 7 nitrogen and oxygen atoms in total. The highest BCUT2D eigenvalue weighted by molar-refractivity contribution is 5.88. The molecule has 1 aromatic carbocycles. The number of amides is 3. The van der Waals surface area contributed by atoms with Gasteiger partial charge in [-0.1, -0.05) is 12.1 Å². The predicted octanol–water partition coefficient (Wildman–Crippen LogP) is 1.43. The van der Waals surface area contributed by atoms with Gasteiger partial charge in [0.2, 0.25) is 5.91 Å². The molecule has 2 aliphatic heterocycles. The van der Waals surface area contributed by atoms with Crippen LogP contribution >= 0.6 is 0 Å². The van der Waals surface area contributed by atoms with Gasteiger partial charge >= 0.3 is 12.0 Å². The smallest absolute Gasteiger partial charge is 0.317 e. The molecule has 2 aliphatic rings. The van der Waals surface area contributed by atoms with Crippen LogP contribution in [0, 0.1) is 11.7 Å². The second kappa shape index (κ2) is 6.93. The van der Waals surface area contributed by atoms with Gasteiger partial charge < -0.3 is 20.2 Å². The number of benzene rings is 1. The van der Waals surface area contributed by atoms with Gasteiger partial charge in [-0.25, -0.2) is 9.18 Å². The van der Waals surface area contributed by atoms with Crippen molar-refractivity contribution in [2.75, 3.05) is 20.1 Å². The van der Waals surface area contributed by atoms with Crippen LogP contribution in [0.4, 0.5) is 9.18 Å². The standard InChI is InChI=1S/C18H22FN3O4/c1-21-15(23)10-14(16(24)25)18(21)6-8-22(9-7-18)17(26)20-11-12-2-4-13(19)5-3-12/h2-5,14H,6-11H2,1H3,(H,20,26)(H,24,25). The number of hydrogen-bond donors (Lipinski definition) is 2. The maximum absolute atomic E-state index is 12.9. The lowest BCUT2D eigenvalue weighted by molar-refractivity contribution is -0.145. The fraction of sp³-hybridized carbons (Fsp3) is 0.500. The minimum Gasteiger partial charge on any atom is -0.481 e. The summed E-state index contributed by atoms with van der Waals surface area (Å²) in [6.45, 7) is 1.06. The third-order valence-corrected chi connectivity index (χ3v) is 5.64. The summed E-state index contributed by atoms with van der Waals surface area (Å²) in [6.07, 6.45) is 0.898. The van der Waals surface area contributed by atoms with Crippen LogP contribution in [0.1, 0.15) is 24.8 Å². The Morgan fingerprint density at radius 3 is 2.46 bits per heavy atom. The van der Waals surface area contributed by atoms with Crippen molar-refractivity contribution in [1.29, 1.82) is 0 Å². The first-order valence-electron chi connectivity index (χ1n) is 8.60. The summed E-state index contributed by atoms with van der Waals surface area (Å²) in [5, 5.41) is 12.3. The molecule has 3 rings (SSSR count). The summed E-state index contributed by atoms with van der Waals surface area (Å²) in [5.41, 5.74) is 0.0803. The Morgan fingerprint density at radius 1 is 1.27 bits per heavy atom. The van der Waals surface area contributed by atoms with Crippen molar-refractivity contribution in [2.24, 2.45) is 5.92 Å². The van der Waals surface area contributed by atoms with Crippen LogP contribution in [0.2, 0.25) is 0 Å². The number of carboxylic acid groups (broad SMARTS) is 1. The van der Waals surface area contributed by atoms with Gasteiger partial charge in [-0.05, 0) is 30.5 Å². The molecular weight excluding hydrogens is 341 g/mol. The first kappa shape index (κ1) is 18.2. The van der Waals surface area contributed by atoms with Gasteiger partial charge in [0.15, 0.2) is 0 Å². The number of piperidine rings is 1. The Bertz CT molecular complexity index is 714. The van der Waals surface area contributed by atoms with Crippen LogP contribution < -0.4 is 5.32 Å². The van der Waals surface area contributed by atoms with Crippen molar-refractivity contribution >= 4 is 17.9 Å². The number of likely N-dealkylation sites (tertiary alicyclic amines) is 2. The van der Waals surface area contributed by atoms with E-state index in [1.165, 1.54) is 12.1 Å². The second-order valence-corrected chi connectivity index (χ2v) is 6.92. The van der Waals surface area contributed by atoms with Gasteiger partial charge in [-0.15, -0.1) is 0 Å². The molecule has 0 saturated carbocycles. The first-order chi connectivity index (χ1) is 12.3. The Labute approximate surface area is 150 Å². The van der Waals surface area contributed by atoms with E-state index in [9.17, 15) is 23.9 Å². The minimum absolute atomic E-state index is 0.0165. The number of urea groups is 1. The molecule has 1 unspecified atom stereocenters. The van der Waals surface area contributed by atoms with Crippen molar-refractivity contribution in [1.82, 2.24) is 15.1 Å². The Kier molecular flexibility index (Phi) is 4.84. The van der Waals surface area contributed by atoms with Crippen LogP contribution in [0.15, 0.2) is 24.3 Å². The summed E-state index contributed by atoms with van der Waals surface area (Å²) >= 11 is 0. The number of rotatable bonds is 3. The summed E-state index contributed by atoms with van der Waals surface area (Å²) < 4.78 is 12.9. The molecule has 3 amide bonds. The van der Waals surface area contributed by atoms with Crippen LogP contribution in [-0.4, -0.2) is 58.5 Å². The molecule has 2 N–H and O–H groups in total. The van der Waals surface area contributed by atoms with Gasteiger partial charge in [0.1, 0.15) is 5.82 Å². The third-order valence-electron chi connectivity index (χ3n) is 5.64. The number of carbonyl (C=O) groups excluding carboxylic acids is 2.